The van der Waals surface area contributed by atoms with Crippen molar-refractivity contribution in [1.82, 2.24) is 14.8 Å². The number of aromatic nitrogens is 3. The van der Waals surface area contributed by atoms with Crippen molar-refractivity contribution in [3.8, 4) is 0 Å². The van der Waals surface area contributed by atoms with Crippen molar-refractivity contribution in [2.45, 2.75) is 38.8 Å². The summed E-state index contributed by atoms with van der Waals surface area (Å²) in [5.74, 6) is 0.933. The number of halogens is 1. The molecule has 1 aliphatic heterocycles. The van der Waals surface area contributed by atoms with Gasteiger partial charge in [-0.2, -0.15) is 10.1 Å². The van der Waals surface area contributed by atoms with Crippen molar-refractivity contribution in [2.75, 3.05) is 4.90 Å². The number of rotatable bonds is 4. The molecular formula is C22H23ClN4O. The van der Waals surface area contributed by atoms with Crippen LogP contribution in [0.3, 0.4) is 0 Å². The molecule has 0 fully saturated rings. The normalized spacial score (nSPS) is 18.9. The van der Waals surface area contributed by atoms with Gasteiger partial charge in [-0.1, -0.05) is 67.9 Å². The zero-order chi connectivity index (χ0) is 19.7. The molecule has 144 valence electrons. The number of anilines is 1. The van der Waals surface area contributed by atoms with Crippen molar-refractivity contribution in [3.05, 3.63) is 77.1 Å². The van der Waals surface area contributed by atoms with Gasteiger partial charge < -0.3 is 0 Å². The smallest absolute Gasteiger partial charge is 0.231 e. The minimum absolute atomic E-state index is 0.0162. The van der Waals surface area contributed by atoms with E-state index in [9.17, 15) is 4.79 Å². The molecule has 0 bridgehead atoms. The molecule has 2 heterocycles. The first-order chi connectivity index (χ1) is 13.5. The minimum atomic E-state index is -0.120. The summed E-state index contributed by atoms with van der Waals surface area (Å²) in [6, 6.07) is 17.9. The summed E-state index contributed by atoms with van der Waals surface area (Å²) in [6.45, 7) is 4.10. The molecule has 28 heavy (non-hydrogen) atoms. The molecule has 0 radical (unpaired) electrons. The van der Waals surface area contributed by atoms with Gasteiger partial charge in [-0.3, -0.25) is 9.69 Å². The van der Waals surface area contributed by atoms with Gasteiger partial charge >= 0.3 is 0 Å². The lowest BCUT2D eigenvalue weighted by Crippen LogP contribution is -2.43. The van der Waals surface area contributed by atoms with Crippen LogP contribution in [0.25, 0.3) is 0 Å². The Morgan fingerprint density at radius 2 is 1.75 bits per heavy atom. The molecule has 0 aliphatic carbocycles. The summed E-state index contributed by atoms with van der Waals surface area (Å²) in [5, 5.41) is 5.14. The predicted molar refractivity (Wildman–Crippen MR) is 110 cm³/mol. The van der Waals surface area contributed by atoms with E-state index in [-0.39, 0.29) is 23.9 Å². The zero-order valence-corrected chi connectivity index (χ0v) is 16.8. The molecule has 0 spiro atoms. The van der Waals surface area contributed by atoms with Gasteiger partial charge in [0.15, 0.2) is 0 Å². The largest absolute Gasteiger partial charge is 0.274 e. The van der Waals surface area contributed by atoms with Crippen LogP contribution >= 0.6 is 11.6 Å². The van der Waals surface area contributed by atoms with Gasteiger partial charge in [0, 0.05) is 11.4 Å². The Morgan fingerprint density at radius 3 is 2.43 bits per heavy atom. The monoisotopic (exact) mass is 394 g/mol. The zero-order valence-electron chi connectivity index (χ0n) is 16.0. The van der Waals surface area contributed by atoms with E-state index in [1.54, 1.807) is 0 Å². The number of benzene rings is 2. The molecular weight excluding hydrogens is 372 g/mol. The molecule has 3 aromatic rings. The van der Waals surface area contributed by atoms with Crippen LogP contribution in [0, 0.1) is 5.92 Å². The van der Waals surface area contributed by atoms with Crippen LogP contribution in [0.5, 0.6) is 0 Å². The topological polar surface area (TPSA) is 51.0 Å². The molecule has 0 unspecified atom stereocenters. The van der Waals surface area contributed by atoms with Gasteiger partial charge in [-0.15, -0.1) is 0 Å². The standard InChI is InChI=1S/C22H23ClN4O/c1-15(2)12-21(28)26-19(17-8-10-18(23)11-9-17)13-20(16-6-4-3-5-7-16)27-22(26)24-14-25-27/h3-11,14-15,19-20H,12-13H2,1-2H3/t19-,20+/m0/s1. The molecule has 0 saturated carbocycles. The third kappa shape index (κ3) is 3.54. The lowest BCUT2D eigenvalue weighted by Gasteiger charge is -2.39. The first-order valence-electron chi connectivity index (χ1n) is 9.56. The number of nitrogens with zero attached hydrogens (tertiary/aromatic N) is 4. The van der Waals surface area contributed by atoms with E-state index < -0.39 is 0 Å². The molecule has 1 amide bonds. The first kappa shape index (κ1) is 18.7. The SMILES string of the molecule is CC(C)CC(=O)N1c2ncnn2[C@@H](c2ccccc2)C[C@H]1c1ccc(Cl)cc1. The molecule has 0 N–H and O–H groups in total. The number of carbonyl (C=O) groups is 1. The van der Waals surface area contributed by atoms with E-state index in [0.717, 1.165) is 17.5 Å². The summed E-state index contributed by atoms with van der Waals surface area (Å²) in [5.41, 5.74) is 2.21. The van der Waals surface area contributed by atoms with Gasteiger partial charge in [0.25, 0.3) is 0 Å². The van der Waals surface area contributed by atoms with Crippen LogP contribution in [-0.4, -0.2) is 20.7 Å². The fraction of sp³-hybridized carbons (Fsp3) is 0.318. The molecule has 1 aromatic heterocycles. The second-order valence-electron chi connectivity index (χ2n) is 7.60. The Balaban J connectivity index is 1.81. The number of fused-ring (bicyclic) bond motifs is 1. The van der Waals surface area contributed by atoms with Crippen molar-refractivity contribution in [3.63, 3.8) is 0 Å². The fourth-order valence-corrected chi connectivity index (χ4v) is 3.97. The molecule has 0 saturated heterocycles. The Bertz CT molecular complexity index is 952. The molecule has 1 aliphatic rings. The number of hydrogen-bond donors (Lipinski definition) is 0. The predicted octanol–water partition coefficient (Wildman–Crippen LogP) is 5.05. The Kier molecular flexibility index (Phi) is 5.18. The van der Waals surface area contributed by atoms with Gasteiger partial charge in [0.2, 0.25) is 11.9 Å². The van der Waals surface area contributed by atoms with Crippen LogP contribution in [-0.2, 0) is 4.79 Å². The average Bonchev–Trinajstić information content (AvgIpc) is 3.17. The maximum absolute atomic E-state index is 13.2. The highest BCUT2D eigenvalue weighted by Crippen LogP contribution is 2.42. The lowest BCUT2D eigenvalue weighted by atomic mass is 9.91. The van der Waals surface area contributed by atoms with Crippen molar-refractivity contribution in [2.24, 2.45) is 5.92 Å². The second-order valence-corrected chi connectivity index (χ2v) is 8.03. The molecule has 6 heteroatoms. The second kappa shape index (κ2) is 7.76. The molecule has 2 aromatic carbocycles. The van der Waals surface area contributed by atoms with Crippen LogP contribution in [0.15, 0.2) is 60.9 Å². The van der Waals surface area contributed by atoms with Crippen molar-refractivity contribution >= 4 is 23.5 Å². The molecule has 2 atom stereocenters. The maximum atomic E-state index is 13.2. The third-order valence-corrected chi connectivity index (χ3v) is 5.37. The summed E-state index contributed by atoms with van der Waals surface area (Å²) >= 11 is 6.10. The summed E-state index contributed by atoms with van der Waals surface area (Å²) < 4.78 is 1.87. The van der Waals surface area contributed by atoms with Crippen LogP contribution in [0.2, 0.25) is 5.02 Å². The van der Waals surface area contributed by atoms with Crippen molar-refractivity contribution in [1.29, 1.82) is 0 Å². The molecule has 5 nitrogen and oxygen atoms in total. The summed E-state index contributed by atoms with van der Waals surface area (Å²) in [7, 11) is 0. The van der Waals surface area contributed by atoms with Gasteiger partial charge in [0.1, 0.15) is 6.33 Å². The van der Waals surface area contributed by atoms with Gasteiger partial charge in [-0.05, 0) is 35.6 Å². The van der Waals surface area contributed by atoms with Crippen molar-refractivity contribution < 1.29 is 4.79 Å². The number of carbonyl (C=O) groups excluding carboxylic acids is 1. The fourth-order valence-electron chi connectivity index (χ4n) is 3.85. The quantitative estimate of drug-likeness (QED) is 0.622. The van der Waals surface area contributed by atoms with E-state index in [4.69, 9.17) is 11.6 Å². The highest BCUT2D eigenvalue weighted by Gasteiger charge is 2.39. The van der Waals surface area contributed by atoms with Crippen LogP contribution in [0.1, 0.15) is 49.9 Å². The van der Waals surface area contributed by atoms with Gasteiger partial charge in [-0.25, -0.2) is 4.68 Å². The van der Waals surface area contributed by atoms with E-state index in [1.807, 2.05) is 52.0 Å². The van der Waals surface area contributed by atoms with E-state index >= 15 is 0 Å². The first-order valence-corrected chi connectivity index (χ1v) is 9.94. The summed E-state index contributed by atoms with van der Waals surface area (Å²) in [4.78, 5) is 19.5. The maximum Gasteiger partial charge on any atom is 0.231 e. The molecule has 4 rings (SSSR count). The third-order valence-electron chi connectivity index (χ3n) is 5.11. The van der Waals surface area contributed by atoms with Crippen LogP contribution < -0.4 is 4.90 Å². The minimum Gasteiger partial charge on any atom is -0.274 e. The lowest BCUT2D eigenvalue weighted by molar-refractivity contribution is -0.120. The number of amides is 1. The Morgan fingerprint density at radius 1 is 1.07 bits per heavy atom. The van der Waals surface area contributed by atoms with Crippen LogP contribution in [0.4, 0.5) is 5.95 Å². The average molecular weight is 395 g/mol. The highest BCUT2D eigenvalue weighted by molar-refractivity contribution is 6.30. The van der Waals surface area contributed by atoms with E-state index in [0.29, 0.717) is 17.4 Å². The Labute approximate surface area is 170 Å². The highest BCUT2D eigenvalue weighted by atomic mass is 35.5. The van der Waals surface area contributed by atoms with E-state index in [1.165, 1.54) is 6.33 Å². The number of hydrogen-bond acceptors (Lipinski definition) is 3. The van der Waals surface area contributed by atoms with Gasteiger partial charge in [0.05, 0.1) is 12.1 Å². The van der Waals surface area contributed by atoms with E-state index in [2.05, 4.69) is 36.1 Å². The Hall–Kier alpha value is -2.66. The summed E-state index contributed by atoms with van der Waals surface area (Å²) in [6.07, 6.45) is 2.73.